The van der Waals surface area contributed by atoms with Crippen molar-refractivity contribution in [2.24, 2.45) is 11.8 Å². The average molecular weight is 252 g/mol. The van der Waals surface area contributed by atoms with E-state index in [4.69, 9.17) is 6.42 Å². The highest BCUT2D eigenvalue weighted by molar-refractivity contribution is 5.35. The first-order valence-electron chi connectivity index (χ1n) is 7.47. The van der Waals surface area contributed by atoms with E-state index in [9.17, 15) is 0 Å². The number of hydrogen-bond acceptors (Lipinski definition) is 0. The van der Waals surface area contributed by atoms with E-state index < -0.39 is 0 Å². The molecule has 1 aliphatic rings. The topological polar surface area (TPSA) is 0 Å². The Hall–Kier alpha value is -1.48. The summed E-state index contributed by atoms with van der Waals surface area (Å²) in [7, 11) is 0. The fourth-order valence-electron chi connectivity index (χ4n) is 3.42. The molecule has 0 nitrogen and oxygen atoms in total. The summed E-state index contributed by atoms with van der Waals surface area (Å²) >= 11 is 0. The molecule has 1 aromatic rings. The van der Waals surface area contributed by atoms with Gasteiger partial charge in [-0.15, -0.1) is 13.0 Å². The number of allylic oxidation sites excluding steroid dienone is 1. The lowest BCUT2D eigenvalue weighted by molar-refractivity contribution is 0.261. The minimum absolute atomic E-state index is 0.713. The molecule has 1 saturated carbocycles. The van der Waals surface area contributed by atoms with Crippen LogP contribution in [-0.4, -0.2) is 0 Å². The van der Waals surface area contributed by atoms with Crippen LogP contribution in [0.2, 0.25) is 0 Å². The second-order valence-electron chi connectivity index (χ2n) is 5.69. The molecule has 19 heavy (non-hydrogen) atoms. The first-order valence-corrected chi connectivity index (χ1v) is 7.47. The van der Waals surface area contributed by atoms with Crippen LogP contribution in [-0.2, 0) is 0 Å². The summed E-state index contributed by atoms with van der Waals surface area (Å²) in [6.45, 7) is 6.26. The first-order chi connectivity index (χ1) is 9.28. The molecule has 0 radical (unpaired) electrons. The Balaban J connectivity index is 1.95. The summed E-state index contributed by atoms with van der Waals surface area (Å²) in [6.07, 6.45) is 14.1. The van der Waals surface area contributed by atoms with Gasteiger partial charge in [0, 0.05) is 5.56 Å². The van der Waals surface area contributed by atoms with Gasteiger partial charge in [-0.2, -0.15) is 0 Å². The van der Waals surface area contributed by atoms with Gasteiger partial charge in [0.05, 0.1) is 0 Å². The smallest absolute Gasteiger partial charge is 0.0242 e. The van der Waals surface area contributed by atoms with Gasteiger partial charge in [-0.05, 0) is 67.6 Å². The molecule has 0 N–H and O–H groups in total. The Morgan fingerprint density at radius 3 is 2.37 bits per heavy atom. The molecule has 1 atom stereocenters. The van der Waals surface area contributed by atoms with Gasteiger partial charge in [-0.25, -0.2) is 0 Å². The van der Waals surface area contributed by atoms with E-state index in [-0.39, 0.29) is 0 Å². The standard InChI is InChI=1S/C19H24/c1-4-15-7-9-18(10-8-15)19-13-11-17(12-14-19)16(5-2)6-3/h1,5,7-10,16-17,19H,2,6,11-14H2,3H3. The van der Waals surface area contributed by atoms with Gasteiger partial charge in [0.25, 0.3) is 0 Å². The molecule has 1 fully saturated rings. The molecular formula is C19H24. The monoisotopic (exact) mass is 252 g/mol. The Labute approximate surface area is 117 Å². The van der Waals surface area contributed by atoms with E-state index in [1.165, 1.54) is 37.7 Å². The number of rotatable bonds is 4. The second kappa shape index (κ2) is 6.62. The van der Waals surface area contributed by atoms with Gasteiger partial charge in [0.2, 0.25) is 0 Å². The summed E-state index contributed by atoms with van der Waals surface area (Å²) in [4.78, 5) is 0. The van der Waals surface area contributed by atoms with Crippen LogP contribution in [0, 0.1) is 24.2 Å². The van der Waals surface area contributed by atoms with Crippen molar-refractivity contribution in [3.05, 3.63) is 48.0 Å². The Kier molecular flexibility index (Phi) is 4.86. The zero-order valence-electron chi connectivity index (χ0n) is 11.9. The van der Waals surface area contributed by atoms with Crippen LogP contribution >= 0.6 is 0 Å². The lowest BCUT2D eigenvalue weighted by Gasteiger charge is -2.32. The maximum Gasteiger partial charge on any atom is 0.0242 e. The van der Waals surface area contributed by atoms with Crippen molar-refractivity contribution < 1.29 is 0 Å². The second-order valence-corrected chi connectivity index (χ2v) is 5.69. The van der Waals surface area contributed by atoms with Gasteiger partial charge in [0.1, 0.15) is 0 Å². The summed E-state index contributed by atoms with van der Waals surface area (Å²) < 4.78 is 0. The normalized spacial score (nSPS) is 24.4. The summed E-state index contributed by atoms with van der Waals surface area (Å²) in [5.74, 6) is 4.97. The third kappa shape index (κ3) is 3.29. The lowest BCUT2D eigenvalue weighted by atomic mass is 9.73. The molecule has 100 valence electrons. The highest BCUT2D eigenvalue weighted by Gasteiger charge is 2.25. The van der Waals surface area contributed by atoms with Crippen molar-refractivity contribution in [2.75, 3.05) is 0 Å². The van der Waals surface area contributed by atoms with Gasteiger partial charge >= 0.3 is 0 Å². The summed E-state index contributed by atoms with van der Waals surface area (Å²) in [5, 5.41) is 0. The maximum absolute atomic E-state index is 5.40. The van der Waals surface area contributed by atoms with E-state index in [1.54, 1.807) is 0 Å². The Morgan fingerprint density at radius 1 is 1.26 bits per heavy atom. The van der Waals surface area contributed by atoms with Crippen molar-refractivity contribution in [2.45, 2.75) is 44.9 Å². The van der Waals surface area contributed by atoms with E-state index in [1.807, 2.05) is 0 Å². The van der Waals surface area contributed by atoms with Crippen molar-refractivity contribution >= 4 is 0 Å². The number of hydrogen-bond donors (Lipinski definition) is 0. The zero-order chi connectivity index (χ0) is 13.7. The largest absolute Gasteiger partial charge is 0.115 e. The van der Waals surface area contributed by atoms with Crippen LogP contribution in [0.25, 0.3) is 0 Å². The predicted octanol–water partition coefficient (Wildman–Crippen LogP) is 5.15. The van der Waals surface area contributed by atoms with Crippen molar-refractivity contribution in [3.8, 4) is 12.3 Å². The lowest BCUT2D eigenvalue weighted by Crippen LogP contribution is -2.19. The highest BCUT2D eigenvalue weighted by atomic mass is 14.3. The van der Waals surface area contributed by atoms with Crippen LogP contribution in [0.5, 0.6) is 0 Å². The highest BCUT2D eigenvalue weighted by Crippen LogP contribution is 2.39. The molecule has 1 unspecified atom stereocenters. The number of benzene rings is 1. The van der Waals surface area contributed by atoms with Crippen LogP contribution in [0.1, 0.15) is 56.1 Å². The molecule has 0 aliphatic heterocycles. The van der Waals surface area contributed by atoms with Crippen LogP contribution in [0.3, 0.4) is 0 Å². The molecule has 2 rings (SSSR count). The van der Waals surface area contributed by atoms with Crippen LogP contribution in [0.4, 0.5) is 0 Å². The minimum atomic E-state index is 0.713. The van der Waals surface area contributed by atoms with Gasteiger partial charge < -0.3 is 0 Å². The predicted molar refractivity (Wildman–Crippen MR) is 83.1 cm³/mol. The molecular weight excluding hydrogens is 228 g/mol. The van der Waals surface area contributed by atoms with E-state index in [2.05, 4.69) is 49.8 Å². The third-order valence-corrected chi connectivity index (χ3v) is 4.70. The van der Waals surface area contributed by atoms with Crippen LogP contribution in [0.15, 0.2) is 36.9 Å². The Morgan fingerprint density at radius 2 is 1.89 bits per heavy atom. The van der Waals surface area contributed by atoms with E-state index in [0.29, 0.717) is 5.92 Å². The summed E-state index contributed by atoms with van der Waals surface area (Å²) in [5.41, 5.74) is 2.44. The zero-order valence-corrected chi connectivity index (χ0v) is 11.9. The fourth-order valence-corrected chi connectivity index (χ4v) is 3.42. The SMILES string of the molecule is C#Cc1ccc(C2CCC(C(C=C)CC)CC2)cc1. The van der Waals surface area contributed by atoms with E-state index in [0.717, 1.165) is 17.4 Å². The molecule has 1 aliphatic carbocycles. The molecule has 0 heterocycles. The minimum Gasteiger partial charge on any atom is -0.115 e. The van der Waals surface area contributed by atoms with Gasteiger partial charge in [0.15, 0.2) is 0 Å². The van der Waals surface area contributed by atoms with Crippen molar-refractivity contribution in [1.82, 2.24) is 0 Å². The fraction of sp³-hybridized carbons (Fsp3) is 0.474. The maximum atomic E-state index is 5.40. The van der Waals surface area contributed by atoms with E-state index >= 15 is 0 Å². The molecule has 0 spiro atoms. The van der Waals surface area contributed by atoms with Crippen LogP contribution < -0.4 is 0 Å². The quantitative estimate of drug-likeness (QED) is 0.513. The average Bonchev–Trinajstić information content (AvgIpc) is 2.49. The third-order valence-electron chi connectivity index (χ3n) is 4.70. The summed E-state index contributed by atoms with van der Waals surface area (Å²) in [6, 6.07) is 8.57. The molecule has 0 heteroatoms. The van der Waals surface area contributed by atoms with Gasteiger partial charge in [-0.1, -0.05) is 31.1 Å². The molecule has 0 aromatic heterocycles. The molecule has 1 aromatic carbocycles. The Bertz CT molecular complexity index is 438. The molecule has 0 amide bonds. The van der Waals surface area contributed by atoms with Crippen molar-refractivity contribution in [3.63, 3.8) is 0 Å². The molecule has 0 bridgehead atoms. The van der Waals surface area contributed by atoms with Gasteiger partial charge in [-0.3, -0.25) is 0 Å². The first kappa shape index (κ1) is 13.9. The van der Waals surface area contributed by atoms with Crippen molar-refractivity contribution in [1.29, 1.82) is 0 Å². The molecule has 0 saturated heterocycles. The number of terminal acetylenes is 1.